The molecule has 0 unspecified atom stereocenters. The lowest BCUT2D eigenvalue weighted by Gasteiger charge is -2.04. The van der Waals surface area contributed by atoms with Crippen LogP contribution in [0.25, 0.3) is 0 Å². The maximum atomic E-state index is 13.1. The van der Waals surface area contributed by atoms with Crippen LogP contribution in [0, 0.1) is 5.82 Å². The van der Waals surface area contributed by atoms with Gasteiger partial charge in [-0.25, -0.2) is 4.39 Å². The average Bonchev–Trinajstić information content (AvgIpc) is 2.14. The third-order valence-corrected chi connectivity index (χ3v) is 2.37. The maximum Gasteiger partial charge on any atom is 0.309 e. The van der Waals surface area contributed by atoms with E-state index < -0.39 is 11.8 Å². The number of nitrogen functional groups attached to an aromatic ring is 1. The van der Waals surface area contributed by atoms with Gasteiger partial charge >= 0.3 is 5.97 Å². The van der Waals surface area contributed by atoms with E-state index in [-0.39, 0.29) is 12.1 Å². The van der Waals surface area contributed by atoms with Crippen LogP contribution in [0.3, 0.4) is 0 Å². The number of benzene rings is 1. The molecule has 76 valence electrons. The number of anilines is 1. The molecule has 0 atom stereocenters. The van der Waals surface area contributed by atoms with Crippen LogP contribution in [-0.2, 0) is 16.0 Å². The Balaban J connectivity index is 2.95. The molecule has 0 aromatic heterocycles. The summed E-state index contributed by atoms with van der Waals surface area (Å²) in [5.41, 5.74) is 5.94. The topological polar surface area (TPSA) is 52.3 Å². The van der Waals surface area contributed by atoms with Gasteiger partial charge in [-0.15, -0.1) is 0 Å². The minimum absolute atomic E-state index is 0.0340. The molecule has 1 aromatic carbocycles. The molecule has 0 heterocycles. The summed E-state index contributed by atoms with van der Waals surface area (Å²) in [7, 11) is 1.28. The lowest BCUT2D eigenvalue weighted by molar-refractivity contribution is -0.139. The van der Waals surface area contributed by atoms with E-state index in [1.54, 1.807) is 6.07 Å². The van der Waals surface area contributed by atoms with Gasteiger partial charge in [0, 0.05) is 4.47 Å². The zero-order valence-electron chi connectivity index (χ0n) is 7.51. The summed E-state index contributed by atoms with van der Waals surface area (Å²) in [6.07, 6.45) is 0.0340. The molecule has 3 nitrogen and oxygen atoms in total. The van der Waals surface area contributed by atoms with E-state index in [4.69, 9.17) is 5.73 Å². The first-order valence-corrected chi connectivity index (χ1v) is 4.64. The predicted octanol–water partition coefficient (Wildman–Crippen LogP) is 1.89. The number of carbonyl (C=O) groups excluding carboxylic acids is 1. The lowest BCUT2D eigenvalue weighted by atomic mass is 10.1. The zero-order chi connectivity index (χ0) is 10.7. The fourth-order valence-corrected chi connectivity index (χ4v) is 1.46. The van der Waals surface area contributed by atoms with Gasteiger partial charge in [-0.1, -0.05) is 0 Å². The molecule has 5 heteroatoms. The van der Waals surface area contributed by atoms with Crippen LogP contribution in [0.1, 0.15) is 5.56 Å². The largest absolute Gasteiger partial charge is 0.469 e. The molecule has 0 radical (unpaired) electrons. The molecule has 0 bridgehead atoms. The van der Waals surface area contributed by atoms with Crippen LogP contribution in [0.2, 0.25) is 0 Å². The van der Waals surface area contributed by atoms with Gasteiger partial charge in [0.15, 0.2) is 0 Å². The van der Waals surface area contributed by atoms with E-state index in [2.05, 4.69) is 20.7 Å². The summed E-state index contributed by atoms with van der Waals surface area (Å²) in [5.74, 6) is -0.959. The van der Waals surface area contributed by atoms with E-state index in [9.17, 15) is 9.18 Å². The van der Waals surface area contributed by atoms with Crippen LogP contribution < -0.4 is 5.73 Å². The van der Waals surface area contributed by atoms with Crippen LogP contribution in [0.15, 0.2) is 16.6 Å². The predicted molar refractivity (Wildman–Crippen MR) is 54.2 cm³/mol. The molecule has 14 heavy (non-hydrogen) atoms. The maximum absolute atomic E-state index is 13.1. The van der Waals surface area contributed by atoms with Crippen molar-refractivity contribution in [2.45, 2.75) is 6.42 Å². The van der Waals surface area contributed by atoms with E-state index in [0.29, 0.717) is 10.0 Å². The first-order valence-electron chi connectivity index (χ1n) is 3.84. The summed E-state index contributed by atoms with van der Waals surface area (Å²) in [6, 6.07) is 2.81. The number of methoxy groups -OCH3 is 1. The molecule has 0 aliphatic heterocycles. The van der Waals surface area contributed by atoms with Gasteiger partial charge in [-0.2, -0.15) is 0 Å². The number of esters is 1. The van der Waals surface area contributed by atoms with E-state index >= 15 is 0 Å². The van der Waals surface area contributed by atoms with Crippen molar-refractivity contribution in [1.29, 1.82) is 0 Å². The molecule has 0 saturated carbocycles. The SMILES string of the molecule is COC(=O)Cc1cc(F)c(N)c(Br)c1. The number of hydrogen-bond acceptors (Lipinski definition) is 3. The summed E-state index contributed by atoms with van der Waals surface area (Å²) < 4.78 is 18.0. The highest BCUT2D eigenvalue weighted by Gasteiger charge is 2.09. The van der Waals surface area contributed by atoms with Crippen molar-refractivity contribution in [1.82, 2.24) is 0 Å². The molecule has 2 N–H and O–H groups in total. The molecule has 1 rings (SSSR count). The second-order valence-electron chi connectivity index (χ2n) is 2.73. The number of rotatable bonds is 2. The first kappa shape index (κ1) is 11.0. The molecule has 0 aliphatic rings. The molecule has 0 spiro atoms. The molecule has 0 saturated heterocycles. The molecule has 0 aliphatic carbocycles. The summed E-state index contributed by atoms with van der Waals surface area (Å²) >= 11 is 3.09. The van der Waals surface area contributed by atoms with Crippen molar-refractivity contribution >= 4 is 27.6 Å². The van der Waals surface area contributed by atoms with Crippen LogP contribution in [-0.4, -0.2) is 13.1 Å². The Morgan fingerprint density at radius 1 is 1.64 bits per heavy atom. The fraction of sp³-hybridized carbons (Fsp3) is 0.222. The Bertz CT molecular complexity index is 345. The normalized spacial score (nSPS) is 9.93. The summed E-state index contributed by atoms with van der Waals surface area (Å²) in [5, 5.41) is 0. The highest BCUT2D eigenvalue weighted by Crippen LogP contribution is 2.24. The van der Waals surface area contributed by atoms with Gasteiger partial charge < -0.3 is 10.5 Å². The first-order chi connectivity index (χ1) is 6.54. The monoisotopic (exact) mass is 261 g/mol. The number of nitrogens with two attached hydrogens (primary N) is 1. The minimum atomic E-state index is -0.543. The number of halogens is 2. The summed E-state index contributed by atoms with van der Waals surface area (Å²) in [6.45, 7) is 0. The summed E-state index contributed by atoms with van der Waals surface area (Å²) in [4.78, 5) is 10.9. The fourth-order valence-electron chi connectivity index (χ4n) is 0.978. The average molecular weight is 262 g/mol. The van der Waals surface area contributed by atoms with Crippen molar-refractivity contribution in [2.75, 3.05) is 12.8 Å². The van der Waals surface area contributed by atoms with Crippen molar-refractivity contribution < 1.29 is 13.9 Å². The lowest BCUT2D eigenvalue weighted by Crippen LogP contribution is -2.05. The Morgan fingerprint density at radius 3 is 2.79 bits per heavy atom. The minimum Gasteiger partial charge on any atom is -0.469 e. The smallest absolute Gasteiger partial charge is 0.309 e. The quantitative estimate of drug-likeness (QED) is 0.654. The molecule has 1 aromatic rings. The highest BCUT2D eigenvalue weighted by atomic mass is 79.9. The Labute approximate surface area is 89.2 Å². The van der Waals surface area contributed by atoms with Crippen molar-refractivity contribution in [3.05, 3.63) is 28.0 Å². The Kier molecular flexibility index (Phi) is 3.46. The van der Waals surface area contributed by atoms with Gasteiger partial charge in [0.1, 0.15) is 5.82 Å². The molecular formula is C9H9BrFNO2. The van der Waals surface area contributed by atoms with Crippen molar-refractivity contribution in [2.24, 2.45) is 0 Å². The highest BCUT2D eigenvalue weighted by molar-refractivity contribution is 9.10. The second-order valence-corrected chi connectivity index (χ2v) is 3.58. The molecule has 0 fully saturated rings. The third-order valence-electron chi connectivity index (χ3n) is 1.71. The third kappa shape index (κ3) is 2.45. The zero-order valence-corrected chi connectivity index (χ0v) is 9.10. The van der Waals surface area contributed by atoms with Crippen LogP contribution in [0.4, 0.5) is 10.1 Å². The van der Waals surface area contributed by atoms with Gasteiger partial charge in [0.05, 0.1) is 19.2 Å². The number of ether oxygens (including phenoxy) is 1. The molecule has 0 amide bonds. The Morgan fingerprint density at radius 2 is 2.29 bits per heavy atom. The Hall–Kier alpha value is -1.10. The van der Waals surface area contributed by atoms with Crippen molar-refractivity contribution in [3.63, 3.8) is 0 Å². The van der Waals surface area contributed by atoms with Gasteiger partial charge in [-0.05, 0) is 33.6 Å². The van der Waals surface area contributed by atoms with Gasteiger partial charge in [0.25, 0.3) is 0 Å². The van der Waals surface area contributed by atoms with Gasteiger partial charge in [-0.3, -0.25) is 4.79 Å². The van der Waals surface area contributed by atoms with E-state index in [1.807, 2.05) is 0 Å². The van der Waals surface area contributed by atoms with Crippen LogP contribution >= 0.6 is 15.9 Å². The van der Waals surface area contributed by atoms with Gasteiger partial charge in [0.2, 0.25) is 0 Å². The number of hydrogen-bond donors (Lipinski definition) is 1. The second kappa shape index (κ2) is 4.41. The van der Waals surface area contributed by atoms with Crippen LogP contribution in [0.5, 0.6) is 0 Å². The van der Waals surface area contributed by atoms with E-state index in [0.717, 1.165) is 0 Å². The standard InChI is InChI=1S/C9H9BrFNO2/c1-14-8(13)4-5-2-6(10)9(12)7(11)3-5/h2-3H,4,12H2,1H3. The molecular weight excluding hydrogens is 253 g/mol. The number of carbonyl (C=O) groups is 1. The van der Waals surface area contributed by atoms with E-state index in [1.165, 1.54) is 13.2 Å². The van der Waals surface area contributed by atoms with Crippen molar-refractivity contribution in [3.8, 4) is 0 Å².